The minimum Gasteiger partial charge on any atom is -0.389 e. The zero-order valence-corrected chi connectivity index (χ0v) is 8.04. The highest BCUT2D eigenvalue weighted by molar-refractivity contribution is 5.95. The van der Waals surface area contributed by atoms with Gasteiger partial charge >= 0.3 is 0 Å². The smallest absolute Gasteiger partial charge is 0.251 e. The van der Waals surface area contributed by atoms with Crippen molar-refractivity contribution in [2.45, 2.75) is 13.0 Å². The fourth-order valence-electron chi connectivity index (χ4n) is 1.22. The van der Waals surface area contributed by atoms with E-state index in [4.69, 9.17) is 0 Å². The van der Waals surface area contributed by atoms with Crippen molar-refractivity contribution >= 4 is 5.91 Å². The Hall–Kier alpha value is -1.42. The van der Waals surface area contributed by atoms with Gasteiger partial charge in [0.05, 0.1) is 6.10 Å². The topological polar surface area (TPSA) is 49.3 Å². The SMILES string of the molecule is CNC(=O)c1ccc(F)cc1[C@H](C)O. The van der Waals surface area contributed by atoms with Gasteiger partial charge in [0.25, 0.3) is 5.91 Å². The Kier molecular flexibility index (Phi) is 3.19. The van der Waals surface area contributed by atoms with Gasteiger partial charge in [0, 0.05) is 12.6 Å². The van der Waals surface area contributed by atoms with Crippen LogP contribution in [0.15, 0.2) is 18.2 Å². The molecule has 3 nitrogen and oxygen atoms in total. The summed E-state index contributed by atoms with van der Waals surface area (Å²) in [5.74, 6) is -0.797. The van der Waals surface area contributed by atoms with Crippen molar-refractivity contribution in [2.24, 2.45) is 0 Å². The highest BCUT2D eigenvalue weighted by atomic mass is 19.1. The Morgan fingerprint density at radius 3 is 2.71 bits per heavy atom. The van der Waals surface area contributed by atoms with Gasteiger partial charge in [-0.1, -0.05) is 0 Å². The molecule has 0 aromatic heterocycles. The van der Waals surface area contributed by atoms with Crippen molar-refractivity contribution in [3.05, 3.63) is 35.1 Å². The van der Waals surface area contributed by atoms with Gasteiger partial charge in [0.1, 0.15) is 5.82 Å². The molecule has 0 radical (unpaired) electrons. The third kappa shape index (κ3) is 2.09. The lowest BCUT2D eigenvalue weighted by molar-refractivity contribution is 0.0956. The minimum absolute atomic E-state index is 0.295. The van der Waals surface area contributed by atoms with E-state index in [1.54, 1.807) is 0 Å². The zero-order chi connectivity index (χ0) is 10.7. The number of hydrogen-bond acceptors (Lipinski definition) is 2. The molecule has 1 atom stereocenters. The molecule has 0 aliphatic rings. The lowest BCUT2D eigenvalue weighted by atomic mass is 10.0. The van der Waals surface area contributed by atoms with E-state index < -0.39 is 11.9 Å². The number of halogens is 1. The van der Waals surface area contributed by atoms with Gasteiger partial charge in [0.15, 0.2) is 0 Å². The average Bonchev–Trinajstić information content (AvgIpc) is 2.16. The van der Waals surface area contributed by atoms with Crippen molar-refractivity contribution in [1.29, 1.82) is 0 Å². The summed E-state index contributed by atoms with van der Waals surface area (Å²) in [5, 5.41) is 11.8. The fourth-order valence-corrected chi connectivity index (χ4v) is 1.22. The first-order chi connectivity index (χ1) is 6.56. The molecule has 4 heteroatoms. The van der Waals surface area contributed by atoms with Gasteiger partial charge < -0.3 is 10.4 Å². The number of hydrogen-bond donors (Lipinski definition) is 2. The molecular formula is C10H12FNO2. The molecule has 1 aromatic carbocycles. The molecule has 76 valence electrons. The van der Waals surface area contributed by atoms with E-state index in [9.17, 15) is 14.3 Å². The maximum atomic E-state index is 12.8. The molecule has 1 aromatic rings. The fraction of sp³-hybridized carbons (Fsp3) is 0.300. The van der Waals surface area contributed by atoms with Gasteiger partial charge in [-0.25, -0.2) is 4.39 Å². The molecular weight excluding hydrogens is 185 g/mol. The average molecular weight is 197 g/mol. The van der Waals surface area contributed by atoms with Crippen LogP contribution in [0.2, 0.25) is 0 Å². The summed E-state index contributed by atoms with van der Waals surface area (Å²) in [6.45, 7) is 1.49. The minimum atomic E-state index is -0.863. The molecule has 0 spiro atoms. The van der Waals surface area contributed by atoms with Crippen LogP contribution < -0.4 is 5.32 Å². The van der Waals surface area contributed by atoms with E-state index in [0.29, 0.717) is 11.1 Å². The molecule has 0 fully saturated rings. The Labute approximate surface area is 81.6 Å². The molecule has 0 saturated heterocycles. The van der Waals surface area contributed by atoms with Gasteiger partial charge in [-0.2, -0.15) is 0 Å². The third-order valence-corrected chi connectivity index (χ3v) is 1.94. The van der Waals surface area contributed by atoms with Crippen LogP contribution >= 0.6 is 0 Å². The predicted molar refractivity (Wildman–Crippen MR) is 50.4 cm³/mol. The highest BCUT2D eigenvalue weighted by Gasteiger charge is 2.14. The third-order valence-electron chi connectivity index (χ3n) is 1.94. The Morgan fingerprint density at radius 2 is 2.21 bits per heavy atom. The Morgan fingerprint density at radius 1 is 1.57 bits per heavy atom. The molecule has 0 saturated carbocycles. The standard InChI is InChI=1S/C10H12FNO2/c1-6(13)9-5-7(11)3-4-8(9)10(14)12-2/h3-6,13H,1-2H3,(H,12,14)/t6-/m0/s1. The number of carbonyl (C=O) groups excluding carboxylic acids is 1. The van der Waals surface area contributed by atoms with Crippen LogP contribution in [0.4, 0.5) is 4.39 Å². The molecule has 2 N–H and O–H groups in total. The largest absolute Gasteiger partial charge is 0.389 e. The Balaban J connectivity index is 3.21. The van der Waals surface area contributed by atoms with E-state index in [0.717, 1.165) is 6.07 Å². The van der Waals surface area contributed by atoms with Crippen LogP contribution in [0.5, 0.6) is 0 Å². The zero-order valence-electron chi connectivity index (χ0n) is 8.04. The van der Waals surface area contributed by atoms with Crippen LogP contribution in [0, 0.1) is 5.82 Å². The molecule has 0 aliphatic heterocycles. The van der Waals surface area contributed by atoms with Gasteiger partial charge in [-0.05, 0) is 30.7 Å². The van der Waals surface area contributed by atoms with Crippen LogP contribution in [-0.4, -0.2) is 18.1 Å². The normalized spacial score (nSPS) is 12.3. The molecule has 1 amide bonds. The summed E-state index contributed by atoms with van der Waals surface area (Å²) >= 11 is 0. The summed E-state index contributed by atoms with van der Waals surface area (Å²) in [5.41, 5.74) is 0.591. The van der Waals surface area contributed by atoms with Gasteiger partial charge in [0.2, 0.25) is 0 Å². The molecule has 0 unspecified atom stereocenters. The van der Waals surface area contributed by atoms with E-state index in [-0.39, 0.29) is 5.91 Å². The molecule has 0 bridgehead atoms. The van der Waals surface area contributed by atoms with Gasteiger partial charge in [-0.3, -0.25) is 4.79 Å². The second kappa shape index (κ2) is 4.19. The molecule has 0 heterocycles. The van der Waals surface area contributed by atoms with Crippen LogP contribution in [0.25, 0.3) is 0 Å². The highest BCUT2D eigenvalue weighted by Crippen LogP contribution is 2.18. The van der Waals surface area contributed by atoms with E-state index in [1.807, 2.05) is 0 Å². The second-order valence-corrected chi connectivity index (χ2v) is 2.99. The lowest BCUT2D eigenvalue weighted by Gasteiger charge is -2.10. The number of aliphatic hydroxyl groups is 1. The van der Waals surface area contributed by atoms with Crippen molar-refractivity contribution < 1.29 is 14.3 Å². The number of amides is 1. The molecule has 0 aliphatic carbocycles. The van der Waals surface area contributed by atoms with Crippen LogP contribution in [0.1, 0.15) is 28.9 Å². The predicted octanol–water partition coefficient (Wildman–Crippen LogP) is 1.24. The van der Waals surface area contributed by atoms with E-state index >= 15 is 0 Å². The monoisotopic (exact) mass is 197 g/mol. The van der Waals surface area contributed by atoms with Crippen molar-refractivity contribution in [2.75, 3.05) is 7.05 Å². The number of benzene rings is 1. The quantitative estimate of drug-likeness (QED) is 0.749. The second-order valence-electron chi connectivity index (χ2n) is 2.99. The maximum absolute atomic E-state index is 12.8. The summed E-state index contributed by atoms with van der Waals surface area (Å²) in [4.78, 5) is 11.3. The maximum Gasteiger partial charge on any atom is 0.251 e. The van der Waals surface area contributed by atoms with Crippen molar-refractivity contribution in [3.63, 3.8) is 0 Å². The first kappa shape index (κ1) is 10.7. The van der Waals surface area contributed by atoms with Crippen molar-refractivity contribution in [1.82, 2.24) is 5.32 Å². The number of carbonyl (C=O) groups is 1. The van der Waals surface area contributed by atoms with Gasteiger partial charge in [-0.15, -0.1) is 0 Å². The van der Waals surface area contributed by atoms with Crippen molar-refractivity contribution in [3.8, 4) is 0 Å². The lowest BCUT2D eigenvalue weighted by Crippen LogP contribution is -2.20. The number of rotatable bonds is 2. The summed E-state index contributed by atoms with van der Waals surface area (Å²) in [7, 11) is 1.48. The van der Waals surface area contributed by atoms with Crippen LogP contribution in [-0.2, 0) is 0 Å². The number of aliphatic hydroxyl groups excluding tert-OH is 1. The molecule has 14 heavy (non-hydrogen) atoms. The van der Waals surface area contributed by atoms with E-state index in [2.05, 4.69) is 5.32 Å². The number of nitrogens with one attached hydrogen (secondary N) is 1. The van der Waals surface area contributed by atoms with Crippen LogP contribution in [0.3, 0.4) is 0 Å². The summed E-state index contributed by atoms with van der Waals surface area (Å²) < 4.78 is 12.8. The Bertz CT molecular complexity index is 350. The van der Waals surface area contributed by atoms with E-state index in [1.165, 1.54) is 26.1 Å². The summed E-state index contributed by atoms with van der Waals surface area (Å²) in [6.07, 6.45) is -0.863. The summed E-state index contributed by atoms with van der Waals surface area (Å²) in [6, 6.07) is 3.71. The molecule has 1 rings (SSSR count). The first-order valence-electron chi connectivity index (χ1n) is 4.26. The first-order valence-corrected chi connectivity index (χ1v) is 4.26.